The van der Waals surface area contributed by atoms with Crippen LogP contribution < -0.4 is 4.74 Å². The molecule has 2 aromatic carbocycles. The molecule has 0 saturated carbocycles. The van der Waals surface area contributed by atoms with Gasteiger partial charge >= 0.3 is 0 Å². The SMILES string of the molecule is Cc1ccc2c(c1)[C@H](O)CC(c1cccc(C)c1C)O2. The van der Waals surface area contributed by atoms with E-state index in [9.17, 15) is 5.11 Å². The second kappa shape index (κ2) is 4.95. The van der Waals surface area contributed by atoms with Crippen LogP contribution in [0, 0.1) is 20.8 Å². The third kappa shape index (κ3) is 2.20. The maximum absolute atomic E-state index is 10.4. The van der Waals surface area contributed by atoms with Crippen molar-refractivity contribution in [1.29, 1.82) is 0 Å². The van der Waals surface area contributed by atoms with Gasteiger partial charge in [0.15, 0.2) is 0 Å². The van der Waals surface area contributed by atoms with Crippen molar-refractivity contribution in [3.63, 3.8) is 0 Å². The van der Waals surface area contributed by atoms with Crippen molar-refractivity contribution in [2.75, 3.05) is 0 Å². The zero-order valence-electron chi connectivity index (χ0n) is 12.2. The molecule has 0 amide bonds. The number of rotatable bonds is 1. The normalized spacial score (nSPS) is 21.2. The van der Waals surface area contributed by atoms with E-state index in [0.717, 1.165) is 16.9 Å². The van der Waals surface area contributed by atoms with Gasteiger partial charge in [0.1, 0.15) is 11.9 Å². The minimum atomic E-state index is -0.455. The summed E-state index contributed by atoms with van der Waals surface area (Å²) in [5.74, 6) is 0.806. The number of benzene rings is 2. The van der Waals surface area contributed by atoms with E-state index < -0.39 is 6.10 Å². The van der Waals surface area contributed by atoms with E-state index in [4.69, 9.17) is 4.74 Å². The summed E-state index contributed by atoms with van der Waals surface area (Å²) in [6.07, 6.45) is 0.0875. The monoisotopic (exact) mass is 268 g/mol. The van der Waals surface area contributed by atoms with Crippen LogP contribution in [0.3, 0.4) is 0 Å². The first kappa shape index (κ1) is 13.2. The number of aliphatic hydroxyl groups is 1. The molecule has 104 valence electrons. The van der Waals surface area contributed by atoms with Gasteiger partial charge in [-0.25, -0.2) is 0 Å². The van der Waals surface area contributed by atoms with Gasteiger partial charge < -0.3 is 9.84 Å². The van der Waals surface area contributed by atoms with Crippen molar-refractivity contribution in [1.82, 2.24) is 0 Å². The average molecular weight is 268 g/mol. The van der Waals surface area contributed by atoms with E-state index in [1.165, 1.54) is 16.7 Å². The molecule has 0 aliphatic carbocycles. The zero-order chi connectivity index (χ0) is 14.3. The third-order valence-electron chi connectivity index (χ3n) is 4.22. The summed E-state index contributed by atoms with van der Waals surface area (Å²) in [6.45, 7) is 6.25. The van der Waals surface area contributed by atoms with Crippen molar-refractivity contribution in [2.45, 2.75) is 39.4 Å². The van der Waals surface area contributed by atoms with E-state index in [0.29, 0.717) is 6.42 Å². The van der Waals surface area contributed by atoms with Gasteiger partial charge in [0, 0.05) is 12.0 Å². The van der Waals surface area contributed by atoms with Crippen LogP contribution in [-0.4, -0.2) is 5.11 Å². The molecule has 0 fully saturated rings. The molecule has 0 saturated heterocycles. The van der Waals surface area contributed by atoms with Gasteiger partial charge in [-0.15, -0.1) is 0 Å². The van der Waals surface area contributed by atoms with Gasteiger partial charge in [0.05, 0.1) is 6.10 Å². The minimum Gasteiger partial charge on any atom is -0.485 e. The highest BCUT2D eigenvalue weighted by Gasteiger charge is 2.29. The highest BCUT2D eigenvalue weighted by atomic mass is 16.5. The Kier molecular flexibility index (Phi) is 3.27. The van der Waals surface area contributed by atoms with E-state index in [2.05, 4.69) is 32.0 Å². The Labute approximate surface area is 120 Å². The summed E-state index contributed by atoms with van der Waals surface area (Å²) in [5, 5.41) is 10.4. The Hall–Kier alpha value is -1.80. The van der Waals surface area contributed by atoms with Crippen molar-refractivity contribution < 1.29 is 9.84 Å². The second-order valence-electron chi connectivity index (χ2n) is 5.69. The molecule has 1 aliphatic rings. The minimum absolute atomic E-state index is 0.0693. The molecule has 2 heteroatoms. The van der Waals surface area contributed by atoms with E-state index in [1.54, 1.807) is 0 Å². The number of hydrogen-bond donors (Lipinski definition) is 1. The summed E-state index contributed by atoms with van der Waals surface area (Å²) in [7, 11) is 0. The van der Waals surface area contributed by atoms with Crippen molar-refractivity contribution in [3.05, 3.63) is 64.2 Å². The lowest BCUT2D eigenvalue weighted by Crippen LogP contribution is -2.20. The van der Waals surface area contributed by atoms with Crippen LogP contribution in [-0.2, 0) is 0 Å². The van der Waals surface area contributed by atoms with Crippen molar-refractivity contribution in [2.24, 2.45) is 0 Å². The lowest BCUT2D eigenvalue weighted by atomic mass is 9.91. The Morgan fingerprint density at radius 3 is 2.65 bits per heavy atom. The molecule has 2 aromatic rings. The van der Waals surface area contributed by atoms with E-state index in [-0.39, 0.29) is 6.10 Å². The summed E-state index contributed by atoms with van der Waals surface area (Å²) < 4.78 is 6.12. The van der Waals surface area contributed by atoms with Gasteiger partial charge in [-0.3, -0.25) is 0 Å². The Bertz CT molecular complexity index is 646. The zero-order valence-corrected chi connectivity index (χ0v) is 12.2. The number of aliphatic hydroxyl groups excluding tert-OH is 1. The molecular weight excluding hydrogens is 248 g/mol. The quantitative estimate of drug-likeness (QED) is 0.841. The number of fused-ring (bicyclic) bond motifs is 1. The maximum Gasteiger partial charge on any atom is 0.127 e. The largest absolute Gasteiger partial charge is 0.485 e. The lowest BCUT2D eigenvalue weighted by Gasteiger charge is -2.31. The van der Waals surface area contributed by atoms with Crippen LogP contribution in [0.4, 0.5) is 0 Å². The maximum atomic E-state index is 10.4. The van der Waals surface area contributed by atoms with E-state index >= 15 is 0 Å². The molecule has 0 spiro atoms. The Balaban J connectivity index is 1.99. The number of aryl methyl sites for hydroxylation is 2. The first-order chi connectivity index (χ1) is 9.56. The topological polar surface area (TPSA) is 29.5 Å². The summed E-state index contributed by atoms with van der Waals surface area (Å²) in [5.41, 5.74) is 5.74. The average Bonchev–Trinajstić information content (AvgIpc) is 2.42. The molecule has 1 N–H and O–H groups in total. The van der Waals surface area contributed by atoms with Crippen molar-refractivity contribution in [3.8, 4) is 5.75 Å². The highest BCUT2D eigenvalue weighted by molar-refractivity contribution is 5.42. The van der Waals surface area contributed by atoms with Gasteiger partial charge in [-0.05, 0) is 49.6 Å². The summed E-state index contributed by atoms with van der Waals surface area (Å²) in [4.78, 5) is 0. The molecule has 2 nitrogen and oxygen atoms in total. The summed E-state index contributed by atoms with van der Waals surface area (Å²) >= 11 is 0. The highest BCUT2D eigenvalue weighted by Crippen LogP contribution is 2.41. The van der Waals surface area contributed by atoms with Crippen LogP contribution in [0.15, 0.2) is 36.4 Å². The molecule has 20 heavy (non-hydrogen) atoms. The van der Waals surface area contributed by atoms with Crippen LogP contribution >= 0.6 is 0 Å². The molecule has 0 aromatic heterocycles. The summed E-state index contributed by atoms with van der Waals surface area (Å²) in [6, 6.07) is 12.3. The molecular formula is C18H20O2. The molecule has 0 radical (unpaired) electrons. The van der Waals surface area contributed by atoms with Gasteiger partial charge in [-0.1, -0.05) is 29.8 Å². The van der Waals surface area contributed by atoms with Crippen LogP contribution in [0.25, 0.3) is 0 Å². The van der Waals surface area contributed by atoms with E-state index in [1.807, 2.05) is 25.1 Å². The molecule has 1 heterocycles. The fourth-order valence-corrected chi connectivity index (χ4v) is 2.88. The fraction of sp³-hybridized carbons (Fsp3) is 0.333. The van der Waals surface area contributed by atoms with Crippen LogP contribution in [0.2, 0.25) is 0 Å². The van der Waals surface area contributed by atoms with Gasteiger partial charge in [-0.2, -0.15) is 0 Å². The first-order valence-corrected chi connectivity index (χ1v) is 7.07. The molecule has 1 aliphatic heterocycles. The standard InChI is InChI=1S/C18H20O2/c1-11-7-8-17-15(9-11)16(19)10-18(20-17)14-6-4-5-12(2)13(14)3/h4-9,16,18-19H,10H2,1-3H3/t16-,18?/m1/s1. The smallest absolute Gasteiger partial charge is 0.127 e. The predicted octanol–water partition coefficient (Wildman–Crippen LogP) is 4.17. The van der Waals surface area contributed by atoms with Crippen molar-refractivity contribution >= 4 is 0 Å². The molecule has 0 bridgehead atoms. The second-order valence-corrected chi connectivity index (χ2v) is 5.69. The third-order valence-corrected chi connectivity index (χ3v) is 4.22. The predicted molar refractivity (Wildman–Crippen MR) is 80.0 cm³/mol. The van der Waals surface area contributed by atoms with Gasteiger partial charge in [0.25, 0.3) is 0 Å². The Morgan fingerprint density at radius 1 is 1.05 bits per heavy atom. The molecule has 3 rings (SSSR count). The number of hydrogen-bond acceptors (Lipinski definition) is 2. The molecule has 2 atom stereocenters. The Morgan fingerprint density at radius 2 is 1.85 bits per heavy atom. The molecule has 1 unspecified atom stereocenters. The lowest BCUT2D eigenvalue weighted by molar-refractivity contribution is 0.0653. The number of ether oxygens (including phenoxy) is 1. The first-order valence-electron chi connectivity index (χ1n) is 7.07. The fourth-order valence-electron chi connectivity index (χ4n) is 2.88. The van der Waals surface area contributed by atoms with Crippen LogP contribution in [0.5, 0.6) is 5.75 Å². The van der Waals surface area contributed by atoms with Gasteiger partial charge in [0.2, 0.25) is 0 Å². The van der Waals surface area contributed by atoms with Crippen LogP contribution in [0.1, 0.15) is 46.4 Å².